The average Bonchev–Trinajstić information content (AvgIpc) is 3.09. The molecule has 8 N–H and O–H groups in total. The Morgan fingerprint density at radius 2 is 1.68 bits per heavy atom. The van der Waals surface area contributed by atoms with Gasteiger partial charge < -0.3 is 41.1 Å². The van der Waals surface area contributed by atoms with Gasteiger partial charge in [-0.05, 0) is 104 Å². The number of rotatable bonds is 20. The van der Waals surface area contributed by atoms with E-state index in [-0.39, 0.29) is 37.1 Å². The molecular formula is C41H61NO8. The highest BCUT2D eigenvalue weighted by molar-refractivity contribution is 5.66. The maximum atomic E-state index is 11.6. The van der Waals surface area contributed by atoms with E-state index >= 15 is 0 Å². The molecule has 50 heavy (non-hydrogen) atoms. The normalized spacial score (nSPS) is 20.2. The first kappa shape index (κ1) is 41.4. The second-order valence-corrected chi connectivity index (χ2v) is 14.4. The smallest absolute Gasteiger partial charge is 0.303 e. The summed E-state index contributed by atoms with van der Waals surface area (Å²) in [6, 6.07) is 14.9. The highest BCUT2D eigenvalue weighted by Crippen LogP contribution is 2.34. The van der Waals surface area contributed by atoms with Gasteiger partial charge in [-0.25, -0.2) is 0 Å². The molecule has 0 amide bonds. The van der Waals surface area contributed by atoms with Gasteiger partial charge in [0.25, 0.3) is 0 Å². The summed E-state index contributed by atoms with van der Waals surface area (Å²) in [6.45, 7) is 3.60. The molecule has 0 radical (unpaired) electrons. The Bertz CT molecular complexity index is 1350. The molecule has 0 saturated heterocycles. The van der Waals surface area contributed by atoms with Gasteiger partial charge in [-0.3, -0.25) is 4.79 Å². The second kappa shape index (κ2) is 21.3. The van der Waals surface area contributed by atoms with Crippen molar-refractivity contribution >= 4 is 5.97 Å². The average molecular weight is 696 g/mol. The fourth-order valence-corrected chi connectivity index (χ4v) is 7.07. The summed E-state index contributed by atoms with van der Waals surface area (Å²) in [4.78, 5) is 11.2. The number of allylic oxidation sites excluding steroid dienone is 2. The van der Waals surface area contributed by atoms with Crippen LogP contribution in [0.3, 0.4) is 0 Å². The van der Waals surface area contributed by atoms with Crippen LogP contribution in [-0.4, -0.2) is 84.8 Å². The summed E-state index contributed by atoms with van der Waals surface area (Å²) in [6.07, 6.45) is 9.26. The van der Waals surface area contributed by atoms with Crippen LogP contribution in [0, 0.1) is 5.92 Å². The maximum Gasteiger partial charge on any atom is 0.303 e. The topological polar surface area (TPSA) is 171 Å². The van der Waals surface area contributed by atoms with E-state index in [0.29, 0.717) is 25.7 Å². The van der Waals surface area contributed by atoms with Crippen molar-refractivity contribution in [2.24, 2.45) is 5.92 Å². The van der Waals surface area contributed by atoms with Crippen molar-refractivity contribution in [2.45, 2.75) is 134 Å². The number of hydrogen-bond donors (Lipinski definition) is 8. The number of phenolic OH excluding ortho intramolecular Hbond substituents is 1. The number of aliphatic hydroxyl groups is 5. The Labute approximate surface area is 298 Å². The van der Waals surface area contributed by atoms with E-state index in [0.717, 1.165) is 68.1 Å². The van der Waals surface area contributed by atoms with Crippen molar-refractivity contribution in [3.05, 3.63) is 88.5 Å². The van der Waals surface area contributed by atoms with E-state index in [1.54, 1.807) is 37.3 Å². The lowest BCUT2D eigenvalue weighted by molar-refractivity contribution is -0.137. The van der Waals surface area contributed by atoms with Crippen LogP contribution < -0.4 is 5.32 Å². The van der Waals surface area contributed by atoms with E-state index in [2.05, 4.69) is 23.5 Å². The molecule has 0 aliphatic heterocycles. The minimum atomic E-state index is -1.17. The van der Waals surface area contributed by atoms with Gasteiger partial charge in [-0.2, -0.15) is 0 Å². The summed E-state index contributed by atoms with van der Waals surface area (Å²) in [7, 11) is 0. The third-order valence-corrected chi connectivity index (χ3v) is 9.92. The molecule has 0 aromatic heterocycles. The number of aliphatic carboxylic acids is 1. The highest BCUT2D eigenvalue weighted by atomic mass is 16.4. The number of nitrogens with one attached hydrogen (secondary N) is 1. The summed E-state index contributed by atoms with van der Waals surface area (Å²) in [5.41, 5.74) is 4.00. The Kier molecular flexibility index (Phi) is 17.7. The molecule has 0 saturated carbocycles. The summed E-state index contributed by atoms with van der Waals surface area (Å²) >= 11 is 0. The SMILES string of the molecule is CCCC[C@H](O)[C@H](O)C=CC1=C(C[C@H](O)CO)[C@H](NC[C@@](C)(O)Cc2ccc(O)cc2)[C@@H](CCCCCC(=O)O)CCc2ccccc2CC1. The first-order chi connectivity index (χ1) is 23.9. The Morgan fingerprint density at radius 1 is 0.980 bits per heavy atom. The van der Waals surface area contributed by atoms with Crippen molar-refractivity contribution in [3.8, 4) is 5.75 Å². The molecule has 9 heteroatoms. The number of unbranched alkanes of at least 4 members (excludes halogenated alkanes) is 3. The van der Waals surface area contributed by atoms with E-state index in [9.17, 15) is 40.5 Å². The number of aryl methyl sites for hydroxylation is 2. The van der Waals surface area contributed by atoms with Gasteiger partial charge in [0.2, 0.25) is 0 Å². The number of phenols is 1. The molecule has 0 bridgehead atoms. The largest absolute Gasteiger partial charge is 0.508 e. The molecule has 278 valence electrons. The molecule has 0 fully saturated rings. The van der Waals surface area contributed by atoms with E-state index in [4.69, 9.17) is 0 Å². The molecule has 2 aromatic rings. The van der Waals surface area contributed by atoms with Gasteiger partial charge in [0.15, 0.2) is 0 Å². The lowest BCUT2D eigenvalue weighted by Crippen LogP contribution is -2.48. The number of carboxylic acids is 1. The summed E-state index contributed by atoms with van der Waals surface area (Å²) in [5, 5.41) is 76.8. The number of fused-ring (bicyclic) bond motifs is 1. The fraction of sp³-hybridized carbons (Fsp3) is 0.585. The zero-order valence-electron chi connectivity index (χ0n) is 30.0. The molecule has 0 heterocycles. The summed E-state index contributed by atoms with van der Waals surface area (Å²) < 4.78 is 0. The monoisotopic (exact) mass is 695 g/mol. The molecule has 9 nitrogen and oxygen atoms in total. The molecule has 6 atom stereocenters. The lowest BCUT2D eigenvalue weighted by atomic mass is 9.77. The number of hydrogen-bond acceptors (Lipinski definition) is 8. The second-order valence-electron chi connectivity index (χ2n) is 14.4. The Morgan fingerprint density at radius 3 is 2.34 bits per heavy atom. The van der Waals surface area contributed by atoms with Gasteiger partial charge in [0, 0.05) is 25.4 Å². The van der Waals surface area contributed by atoms with Crippen LogP contribution in [0.15, 0.2) is 71.8 Å². The van der Waals surface area contributed by atoms with Crippen LogP contribution in [0.1, 0.15) is 101 Å². The van der Waals surface area contributed by atoms with Gasteiger partial charge in [-0.15, -0.1) is 0 Å². The molecule has 0 spiro atoms. The van der Waals surface area contributed by atoms with Gasteiger partial charge in [-0.1, -0.05) is 81.2 Å². The quantitative estimate of drug-likeness (QED) is 0.0848. The molecule has 2 aromatic carbocycles. The lowest BCUT2D eigenvalue weighted by Gasteiger charge is -2.36. The maximum absolute atomic E-state index is 11.6. The number of benzene rings is 2. The van der Waals surface area contributed by atoms with Gasteiger partial charge >= 0.3 is 5.97 Å². The number of carboxylic acid groups (broad SMARTS) is 1. The Balaban J connectivity index is 2.08. The van der Waals surface area contributed by atoms with Crippen LogP contribution in [0.4, 0.5) is 0 Å². The standard InChI is InChI=1S/C41H61NO8/c1-3-4-13-37(46)38(47)24-21-32-19-17-30-10-8-9-11-31(30)18-20-33(12-6-5-7-14-39(48)49)40(36(32)25-35(45)27-43)42-28-41(2,50)26-29-15-22-34(44)23-16-29/h8-11,15-16,21-24,33,35,37-38,40,42-47,50H,3-7,12-14,17-20,25-28H2,1-2H3,(H,48,49)/t33-,35-,37-,38+,40+,41-/m0/s1. The predicted octanol–water partition coefficient (Wildman–Crippen LogP) is 5.38. The zero-order valence-corrected chi connectivity index (χ0v) is 30.0. The van der Waals surface area contributed by atoms with Crippen molar-refractivity contribution in [3.63, 3.8) is 0 Å². The minimum absolute atomic E-state index is 0.0415. The third kappa shape index (κ3) is 14.3. The number of aliphatic hydroxyl groups excluding tert-OH is 4. The number of aromatic hydroxyl groups is 1. The summed E-state index contributed by atoms with van der Waals surface area (Å²) in [5.74, 6) is -0.612. The number of carbonyl (C=O) groups is 1. The zero-order chi connectivity index (χ0) is 36.5. The van der Waals surface area contributed by atoms with Crippen LogP contribution in [-0.2, 0) is 24.1 Å². The van der Waals surface area contributed by atoms with Gasteiger partial charge in [0.05, 0.1) is 30.5 Å². The first-order valence-corrected chi connectivity index (χ1v) is 18.5. The van der Waals surface area contributed by atoms with Gasteiger partial charge in [0.1, 0.15) is 5.75 Å². The molecule has 1 aliphatic carbocycles. The first-order valence-electron chi connectivity index (χ1n) is 18.5. The van der Waals surface area contributed by atoms with E-state index in [1.165, 1.54) is 11.1 Å². The fourth-order valence-electron chi connectivity index (χ4n) is 7.07. The van der Waals surface area contributed by atoms with Crippen LogP contribution in [0.2, 0.25) is 0 Å². The van der Waals surface area contributed by atoms with Crippen molar-refractivity contribution < 1.29 is 40.5 Å². The van der Waals surface area contributed by atoms with Crippen molar-refractivity contribution in [1.29, 1.82) is 0 Å². The van der Waals surface area contributed by atoms with Crippen molar-refractivity contribution in [2.75, 3.05) is 13.2 Å². The van der Waals surface area contributed by atoms with Crippen LogP contribution >= 0.6 is 0 Å². The molecule has 0 unspecified atom stereocenters. The van der Waals surface area contributed by atoms with Crippen LogP contribution in [0.5, 0.6) is 5.75 Å². The Hall–Kier alpha value is -3.05. The van der Waals surface area contributed by atoms with E-state index < -0.39 is 36.5 Å². The molecule has 1 aliphatic rings. The van der Waals surface area contributed by atoms with E-state index in [1.807, 2.05) is 19.1 Å². The highest BCUT2D eigenvalue weighted by Gasteiger charge is 2.32. The predicted molar refractivity (Wildman–Crippen MR) is 197 cm³/mol. The molecular weight excluding hydrogens is 634 g/mol. The van der Waals surface area contributed by atoms with Crippen molar-refractivity contribution in [1.82, 2.24) is 5.32 Å². The third-order valence-electron chi connectivity index (χ3n) is 9.92. The van der Waals surface area contributed by atoms with Crippen LogP contribution in [0.25, 0.3) is 0 Å². The molecule has 3 rings (SSSR count). The minimum Gasteiger partial charge on any atom is -0.508 e.